The second-order valence-electron chi connectivity index (χ2n) is 5.93. The molecule has 1 saturated heterocycles. The highest BCUT2D eigenvalue weighted by molar-refractivity contribution is 5.83. The Morgan fingerprint density at radius 3 is 2.47 bits per heavy atom. The summed E-state index contributed by atoms with van der Waals surface area (Å²) in [4.78, 5) is 14.2. The summed E-state index contributed by atoms with van der Waals surface area (Å²) < 4.78 is 0. The van der Waals surface area contributed by atoms with Crippen LogP contribution in [0.2, 0.25) is 0 Å². The second kappa shape index (κ2) is 5.38. The lowest BCUT2D eigenvalue weighted by Gasteiger charge is -2.32. The van der Waals surface area contributed by atoms with Crippen LogP contribution < -0.4 is 5.32 Å². The fourth-order valence-electron chi connectivity index (χ4n) is 3.20. The highest BCUT2D eigenvalue weighted by Crippen LogP contribution is 2.30. The van der Waals surface area contributed by atoms with Gasteiger partial charge in [-0.05, 0) is 38.0 Å². The zero-order chi connectivity index (χ0) is 12.4. The summed E-state index contributed by atoms with van der Waals surface area (Å²) in [6.45, 7) is 7.45. The number of hydrogen-bond acceptors (Lipinski definition) is 2. The van der Waals surface area contributed by atoms with E-state index in [4.69, 9.17) is 0 Å². The molecule has 3 nitrogen and oxygen atoms in total. The number of hydrogen-bond donors (Lipinski definition) is 1. The van der Waals surface area contributed by atoms with E-state index in [2.05, 4.69) is 24.1 Å². The van der Waals surface area contributed by atoms with Gasteiger partial charge in [0.2, 0.25) is 5.91 Å². The van der Waals surface area contributed by atoms with E-state index in [1.165, 1.54) is 25.7 Å². The second-order valence-corrected chi connectivity index (χ2v) is 5.93. The quantitative estimate of drug-likeness (QED) is 0.818. The first kappa shape index (κ1) is 12.9. The number of nitrogens with one attached hydrogen (secondary N) is 1. The van der Waals surface area contributed by atoms with Crippen LogP contribution >= 0.6 is 0 Å². The van der Waals surface area contributed by atoms with Crippen LogP contribution in [0, 0.1) is 11.8 Å². The molecule has 2 fully saturated rings. The average Bonchev–Trinajstić information content (AvgIpc) is 2.59. The Balaban J connectivity index is 1.90. The number of carbonyl (C=O) groups is 1. The number of amides is 1. The molecule has 17 heavy (non-hydrogen) atoms. The molecule has 1 heterocycles. The minimum Gasteiger partial charge on any atom is -0.326 e. The summed E-state index contributed by atoms with van der Waals surface area (Å²) in [6, 6.07) is 0.0162. The highest BCUT2D eigenvalue weighted by Gasteiger charge is 2.36. The molecule has 2 aliphatic rings. The predicted octanol–water partition coefficient (Wildman–Crippen LogP) is 2.37. The van der Waals surface area contributed by atoms with Gasteiger partial charge in [-0.1, -0.05) is 26.7 Å². The van der Waals surface area contributed by atoms with Gasteiger partial charge in [-0.15, -0.1) is 0 Å². The van der Waals surface area contributed by atoms with Crippen LogP contribution in [0.3, 0.4) is 0 Å². The van der Waals surface area contributed by atoms with Gasteiger partial charge in [-0.3, -0.25) is 10.1 Å². The van der Waals surface area contributed by atoms with Gasteiger partial charge < -0.3 is 4.90 Å². The largest absolute Gasteiger partial charge is 0.326 e. The Labute approximate surface area is 105 Å². The minimum absolute atomic E-state index is 0.0162. The van der Waals surface area contributed by atoms with Crippen molar-refractivity contribution in [2.75, 3.05) is 6.54 Å². The molecule has 1 aliphatic heterocycles. The Hall–Kier alpha value is -0.570. The summed E-state index contributed by atoms with van der Waals surface area (Å²) in [5, 5.41) is 3.38. The minimum atomic E-state index is 0.0162. The third-order valence-corrected chi connectivity index (χ3v) is 4.45. The van der Waals surface area contributed by atoms with Crippen molar-refractivity contribution in [3.8, 4) is 0 Å². The molecule has 2 atom stereocenters. The molecular weight excluding hydrogens is 212 g/mol. The third kappa shape index (κ3) is 2.82. The van der Waals surface area contributed by atoms with E-state index in [1.54, 1.807) is 0 Å². The van der Waals surface area contributed by atoms with Crippen LogP contribution in [0.15, 0.2) is 0 Å². The van der Waals surface area contributed by atoms with Crippen LogP contribution in [0.4, 0.5) is 0 Å². The zero-order valence-electron chi connectivity index (χ0n) is 11.4. The van der Waals surface area contributed by atoms with Gasteiger partial charge in [0.25, 0.3) is 0 Å². The number of rotatable bonds is 3. The molecule has 0 bridgehead atoms. The van der Waals surface area contributed by atoms with Crippen molar-refractivity contribution < 1.29 is 4.79 Å². The fraction of sp³-hybridized carbons (Fsp3) is 0.929. The fourth-order valence-corrected chi connectivity index (χ4v) is 3.20. The number of carbonyl (C=O) groups excluding carboxylic acids is 1. The smallest absolute Gasteiger partial charge is 0.240 e. The lowest BCUT2D eigenvalue weighted by atomic mass is 9.83. The summed E-state index contributed by atoms with van der Waals surface area (Å²) >= 11 is 0. The zero-order valence-corrected chi connectivity index (χ0v) is 11.4. The van der Waals surface area contributed by atoms with Gasteiger partial charge in [-0.25, -0.2) is 0 Å². The van der Waals surface area contributed by atoms with E-state index in [-0.39, 0.29) is 12.2 Å². The van der Waals surface area contributed by atoms with Gasteiger partial charge in [0, 0.05) is 6.54 Å². The Kier molecular flexibility index (Phi) is 4.08. The van der Waals surface area contributed by atoms with Crippen molar-refractivity contribution >= 4 is 5.91 Å². The first-order chi connectivity index (χ1) is 8.11. The summed E-state index contributed by atoms with van der Waals surface area (Å²) in [7, 11) is 0. The van der Waals surface area contributed by atoms with E-state index in [9.17, 15) is 4.79 Å². The maximum absolute atomic E-state index is 12.1. The van der Waals surface area contributed by atoms with Crippen molar-refractivity contribution in [1.82, 2.24) is 10.2 Å². The van der Waals surface area contributed by atoms with E-state index in [1.807, 2.05) is 6.92 Å². The van der Waals surface area contributed by atoms with Gasteiger partial charge in [-0.2, -0.15) is 0 Å². The standard InChI is InChI=1S/C14H26N2O/c1-4-13-15-11(3)14(17)16(13)9-12-7-5-10(2)6-8-12/h10-13,15H,4-9H2,1-3H3. The third-order valence-electron chi connectivity index (χ3n) is 4.45. The van der Waals surface area contributed by atoms with Crippen LogP contribution in [-0.4, -0.2) is 29.6 Å². The molecule has 0 radical (unpaired) electrons. The summed E-state index contributed by atoms with van der Waals surface area (Å²) in [5.74, 6) is 1.92. The molecule has 0 aromatic carbocycles. The monoisotopic (exact) mass is 238 g/mol. The molecule has 98 valence electrons. The average molecular weight is 238 g/mol. The first-order valence-corrected chi connectivity index (χ1v) is 7.18. The molecule has 1 amide bonds. The van der Waals surface area contributed by atoms with Crippen molar-refractivity contribution in [3.05, 3.63) is 0 Å². The maximum atomic E-state index is 12.1. The van der Waals surface area contributed by atoms with Crippen molar-refractivity contribution in [2.45, 2.75) is 65.1 Å². The van der Waals surface area contributed by atoms with Crippen LogP contribution in [0.1, 0.15) is 52.9 Å². The summed E-state index contributed by atoms with van der Waals surface area (Å²) in [5.41, 5.74) is 0. The molecular formula is C14H26N2O. The van der Waals surface area contributed by atoms with Crippen LogP contribution in [0.25, 0.3) is 0 Å². The lowest BCUT2D eigenvalue weighted by Crippen LogP contribution is -2.40. The maximum Gasteiger partial charge on any atom is 0.240 e. The van der Waals surface area contributed by atoms with Gasteiger partial charge in [0.1, 0.15) is 0 Å². The normalized spacial score (nSPS) is 38.8. The van der Waals surface area contributed by atoms with Crippen LogP contribution in [-0.2, 0) is 4.79 Å². The van der Waals surface area contributed by atoms with Gasteiger partial charge >= 0.3 is 0 Å². The molecule has 0 aromatic heterocycles. The molecule has 1 N–H and O–H groups in total. The lowest BCUT2D eigenvalue weighted by molar-refractivity contribution is -0.130. The Morgan fingerprint density at radius 2 is 1.88 bits per heavy atom. The highest BCUT2D eigenvalue weighted by atomic mass is 16.2. The Morgan fingerprint density at radius 1 is 1.24 bits per heavy atom. The molecule has 2 unspecified atom stereocenters. The molecule has 0 spiro atoms. The predicted molar refractivity (Wildman–Crippen MR) is 69.5 cm³/mol. The van der Waals surface area contributed by atoms with E-state index >= 15 is 0 Å². The van der Waals surface area contributed by atoms with E-state index in [0.29, 0.717) is 5.91 Å². The Bertz CT molecular complexity index is 271. The SMILES string of the molecule is CCC1NC(C)C(=O)N1CC1CCC(C)CC1. The first-order valence-electron chi connectivity index (χ1n) is 7.18. The van der Waals surface area contributed by atoms with Gasteiger partial charge in [0.05, 0.1) is 12.2 Å². The van der Waals surface area contributed by atoms with Crippen molar-refractivity contribution in [1.29, 1.82) is 0 Å². The van der Waals surface area contributed by atoms with E-state index < -0.39 is 0 Å². The molecule has 3 heteroatoms. The topological polar surface area (TPSA) is 32.3 Å². The van der Waals surface area contributed by atoms with Crippen molar-refractivity contribution in [3.63, 3.8) is 0 Å². The molecule has 0 aromatic rings. The molecule has 2 rings (SSSR count). The van der Waals surface area contributed by atoms with E-state index in [0.717, 1.165) is 24.8 Å². The van der Waals surface area contributed by atoms with Gasteiger partial charge in [0.15, 0.2) is 0 Å². The number of nitrogens with zero attached hydrogens (tertiary/aromatic N) is 1. The molecule has 1 saturated carbocycles. The molecule has 1 aliphatic carbocycles. The van der Waals surface area contributed by atoms with Crippen molar-refractivity contribution in [2.24, 2.45) is 11.8 Å². The van der Waals surface area contributed by atoms with Crippen LogP contribution in [0.5, 0.6) is 0 Å². The summed E-state index contributed by atoms with van der Waals surface area (Å²) in [6.07, 6.45) is 6.57.